The van der Waals surface area contributed by atoms with E-state index in [2.05, 4.69) is 9.97 Å². The summed E-state index contributed by atoms with van der Waals surface area (Å²) in [4.78, 5) is 8.11. The van der Waals surface area contributed by atoms with Gasteiger partial charge in [0.05, 0.1) is 12.5 Å². The molecule has 0 unspecified atom stereocenters. The molecule has 0 radical (unpaired) electrons. The summed E-state index contributed by atoms with van der Waals surface area (Å²) in [6.45, 7) is 2.58. The minimum absolute atomic E-state index is 0.299. The van der Waals surface area contributed by atoms with Gasteiger partial charge in [-0.05, 0) is 31.2 Å². The van der Waals surface area contributed by atoms with E-state index in [9.17, 15) is 0 Å². The third kappa shape index (κ3) is 3.34. The standard InChI is InChI=1S/C13H13ClN2O2/c1-2-17-11-3-5-12(6-4-11)18-13-15-8-10(7-14)9-16-13/h3-6,8-9H,2,7H2,1H3. The number of hydrogen-bond donors (Lipinski definition) is 0. The van der Waals surface area contributed by atoms with Crippen LogP contribution in [0.25, 0.3) is 0 Å². The number of halogens is 1. The average Bonchev–Trinajstić information content (AvgIpc) is 2.42. The molecule has 0 saturated heterocycles. The smallest absolute Gasteiger partial charge is 0.321 e. The summed E-state index contributed by atoms with van der Waals surface area (Å²) in [6, 6.07) is 7.60. The predicted octanol–water partition coefficient (Wildman–Crippen LogP) is 3.41. The molecule has 0 aliphatic rings. The summed E-state index contributed by atoms with van der Waals surface area (Å²) in [5, 5.41) is 0. The van der Waals surface area contributed by atoms with Crippen molar-refractivity contribution < 1.29 is 9.47 Å². The molecule has 0 atom stereocenters. The minimum Gasteiger partial charge on any atom is -0.494 e. The van der Waals surface area contributed by atoms with E-state index >= 15 is 0 Å². The van der Waals surface area contributed by atoms with Crippen LogP contribution in [0.2, 0.25) is 0 Å². The topological polar surface area (TPSA) is 44.2 Å². The van der Waals surface area contributed by atoms with Gasteiger partial charge in [-0.15, -0.1) is 11.6 Å². The second-order valence-electron chi connectivity index (χ2n) is 3.51. The van der Waals surface area contributed by atoms with Crippen molar-refractivity contribution in [2.24, 2.45) is 0 Å². The van der Waals surface area contributed by atoms with Crippen molar-refractivity contribution in [2.45, 2.75) is 12.8 Å². The zero-order valence-corrected chi connectivity index (χ0v) is 10.7. The van der Waals surface area contributed by atoms with Crippen LogP contribution in [0.5, 0.6) is 17.5 Å². The Balaban J connectivity index is 2.03. The van der Waals surface area contributed by atoms with E-state index in [-0.39, 0.29) is 0 Å². The Labute approximate surface area is 111 Å². The summed E-state index contributed by atoms with van der Waals surface area (Å²) < 4.78 is 10.8. The molecule has 18 heavy (non-hydrogen) atoms. The number of alkyl halides is 1. The van der Waals surface area contributed by atoms with E-state index in [1.807, 2.05) is 31.2 Å². The minimum atomic E-state index is 0.299. The van der Waals surface area contributed by atoms with Gasteiger partial charge in [0.2, 0.25) is 0 Å². The van der Waals surface area contributed by atoms with Crippen molar-refractivity contribution in [2.75, 3.05) is 6.61 Å². The van der Waals surface area contributed by atoms with E-state index in [0.29, 0.717) is 24.2 Å². The highest BCUT2D eigenvalue weighted by Crippen LogP contribution is 2.21. The van der Waals surface area contributed by atoms with E-state index in [4.69, 9.17) is 21.1 Å². The molecule has 1 aromatic carbocycles. The fourth-order valence-corrected chi connectivity index (χ4v) is 1.48. The Morgan fingerprint density at radius 3 is 2.22 bits per heavy atom. The Kier molecular flexibility index (Phi) is 4.36. The van der Waals surface area contributed by atoms with Crippen LogP contribution in [0.3, 0.4) is 0 Å². The molecule has 0 amide bonds. The van der Waals surface area contributed by atoms with Crippen molar-refractivity contribution >= 4 is 11.6 Å². The first kappa shape index (κ1) is 12.6. The first-order chi connectivity index (χ1) is 8.81. The molecule has 1 aromatic heterocycles. The maximum Gasteiger partial charge on any atom is 0.321 e. The van der Waals surface area contributed by atoms with Gasteiger partial charge in [0.25, 0.3) is 0 Å². The summed E-state index contributed by atoms with van der Waals surface area (Å²) >= 11 is 5.65. The van der Waals surface area contributed by atoms with Gasteiger partial charge in [-0.3, -0.25) is 0 Å². The third-order valence-corrected chi connectivity index (χ3v) is 2.49. The lowest BCUT2D eigenvalue weighted by atomic mass is 10.3. The van der Waals surface area contributed by atoms with Crippen LogP contribution in [0.15, 0.2) is 36.7 Å². The van der Waals surface area contributed by atoms with Gasteiger partial charge < -0.3 is 9.47 Å². The van der Waals surface area contributed by atoms with Gasteiger partial charge >= 0.3 is 6.01 Å². The van der Waals surface area contributed by atoms with Crippen LogP contribution in [-0.4, -0.2) is 16.6 Å². The fraction of sp³-hybridized carbons (Fsp3) is 0.231. The van der Waals surface area contributed by atoms with Gasteiger partial charge in [-0.1, -0.05) is 0 Å². The van der Waals surface area contributed by atoms with Crippen LogP contribution in [-0.2, 0) is 5.88 Å². The maximum atomic E-state index is 5.65. The van der Waals surface area contributed by atoms with E-state index in [1.165, 1.54) is 0 Å². The lowest BCUT2D eigenvalue weighted by Crippen LogP contribution is -1.94. The van der Waals surface area contributed by atoms with Crippen molar-refractivity contribution in [1.82, 2.24) is 9.97 Å². The van der Waals surface area contributed by atoms with Gasteiger partial charge in [0.15, 0.2) is 0 Å². The number of benzene rings is 1. The quantitative estimate of drug-likeness (QED) is 0.777. The molecule has 0 aliphatic heterocycles. The molecule has 0 fully saturated rings. The molecular formula is C13H13ClN2O2. The monoisotopic (exact) mass is 264 g/mol. The van der Waals surface area contributed by atoms with Crippen molar-refractivity contribution in [1.29, 1.82) is 0 Å². The van der Waals surface area contributed by atoms with Gasteiger partial charge in [0, 0.05) is 18.0 Å². The second-order valence-corrected chi connectivity index (χ2v) is 3.78. The molecule has 0 aliphatic carbocycles. The Morgan fingerprint density at radius 1 is 1.06 bits per heavy atom. The van der Waals surface area contributed by atoms with Gasteiger partial charge in [-0.2, -0.15) is 0 Å². The van der Waals surface area contributed by atoms with Crippen molar-refractivity contribution in [3.63, 3.8) is 0 Å². The number of ether oxygens (including phenoxy) is 2. The highest BCUT2D eigenvalue weighted by atomic mass is 35.5. The second kappa shape index (κ2) is 6.21. The molecule has 2 rings (SSSR count). The SMILES string of the molecule is CCOc1ccc(Oc2ncc(CCl)cn2)cc1. The van der Waals surface area contributed by atoms with Crippen LogP contribution in [0.1, 0.15) is 12.5 Å². The van der Waals surface area contributed by atoms with Crippen molar-refractivity contribution in [3.05, 3.63) is 42.2 Å². The maximum absolute atomic E-state index is 5.65. The molecule has 94 valence electrons. The largest absolute Gasteiger partial charge is 0.494 e. The number of nitrogens with zero attached hydrogens (tertiary/aromatic N) is 2. The molecule has 0 spiro atoms. The average molecular weight is 265 g/mol. The molecule has 0 N–H and O–H groups in total. The van der Waals surface area contributed by atoms with Crippen molar-refractivity contribution in [3.8, 4) is 17.5 Å². The summed E-state index contributed by atoms with van der Waals surface area (Å²) in [7, 11) is 0. The summed E-state index contributed by atoms with van der Waals surface area (Å²) in [6.07, 6.45) is 3.29. The molecule has 5 heteroatoms. The number of hydrogen-bond acceptors (Lipinski definition) is 4. The fourth-order valence-electron chi connectivity index (χ4n) is 1.34. The zero-order chi connectivity index (χ0) is 12.8. The van der Waals surface area contributed by atoms with Crippen LogP contribution in [0.4, 0.5) is 0 Å². The summed E-state index contributed by atoms with van der Waals surface area (Å²) in [5.74, 6) is 1.86. The molecule has 4 nitrogen and oxygen atoms in total. The highest BCUT2D eigenvalue weighted by Gasteiger charge is 2.01. The summed E-state index contributed by atoms with van der Waals surface area (Å²) in [5.41, 5.74) is 0.857. The van der Waals surface area contributed by atoms with Crippen LogP contribution >= 0.6 is 11.6 Å². The van der Waals surface area contributed by atoms with Gasteiger partial charge in [-0.25, -0.2) is 9.97 Å². The van der Waals surface area contributed by atoms with Crippen LogP contribution < -0.4 is 9.47 Å². The normalized spacial score (nSPS) is 10.1. The van der Waals surface area contributed by atoms with E-state index < -0.39 is 0 Å². The van der Waals surface area contributed by atoms with E-state index in [0.717, 1.165) is 11.3 Å². The van der Waals surface area contributed by atoms with E-state index in [1.54, 1.807) is 12.4 Å². The lowest BCUT2D eigenvalue weighted by molar-refractivity contribution is 0.339. The molecule has 2 aromatic rings. The molecular weight excluding hydrogens is 252 g/mol. The number of aromatic nitrogens is 2. The Morgan fingerprint density at radius 2 is 1.67 bits per heavy atom. The highest BCUT2D eigenvalue weighted by molar-refractivity contribution is 6.17. The Bertz CT molecular complexity index is 485. The Hall–Kier alpha value is -1.81. The molecule has 0 saturated carbocycles. The van der Waals surface area contributed by atoms with Crippen LogP contribution in [0, 0.1) is 0 Å². The lowest BCUT2D eigenvalue weighted by Gasteiger charge is -2.05. The molecule has 1 heterocycles. The number of rotatable bonds is 5. The molecule has 0 bridgehead atoms. The van der Waals surface area contributed by atoms with Gasteiger partial charge in [0.1, 0.15) is 11.5 Å². The first-order valence-corrected chi connectivity index (χ1v) is 6.13. The third-order valence-electron chi connectivity index (χ3n) is 2.18. The zero-order valence-electron chi connectivity index (χ0n) is 9.97. The first-order valence-electron chi connectivity index (χ1n) is 5.59. The predicted molar refractivity (Wildman–Crippen MR) is 69.3 cm³/mol.